The molecule has 0 aliphatic carbocycles. The van der Waals surface area contributed by atoms with Crippen LogP contribution in [-0.2, 0) is 10.2 Å². The molecule has 4 heteroatoms. The Hall–Kier alpha value is -1.55. The molecule has 3 N–H and O–H groups in total. The quantitative estimate of drug-likeness (QED) is 0.789. The number of nitrogens with two attached hydrogens (primary N) is 1. The van der Waals surface area contributed by atoms with E-state index in [1.54, 1.807) is 7.11 Å². The van der Waals surface area contributed by atoms with Gasteiger partial charge in [-0.05, 0) is 19.0 Å². The largest absolute Gasteiger partial charge is 0.496 e. The van der Waals surface area contributed by atoms with E-state index in [1.165, 1.54) is 0 Å². The molecule has 0 heterocycles. The summed E-state index contributed by atoms with van der Waals surface area (Å²) in [5.41, 5.74) is 6.31. The van der Waals surface area contributed by atoms with Crippen molar-refractivity contribution in [3.63, 3.8) is 0 Å². The lowest BCUT2D eigenvalue weighted by atomic mass is 9.84. The number of rotatable bonds is 7. The summed E-state index contributed by atoms with van der Waals surface area (Å²) in [6.07, 6.45) is 1.21. The Labute approximate surface area is 115 Å². The second kappa shape index (κ2) is 7.14. The topological polar surface area (TPSA) is 64.3 Å². The molecule has 4 nitrogen and oxygen atoms in total. The average Bonchev–Trinajstić information content (AvgIpc) is 2.43. The Balaban J connectivity index is 2.67. The molecule has 0 aliphatic heterocycles. The van der Waals surface area contributed by atoms with E-state index in [4.69, 9.17) is 10.5 Å². The summed E-state index contributed by atoms with van der Waals surface area (Å²) in [5, 5.41) is 2.96. The van der Waals surface area contributed by atoms with Crippen LogP contribution in [0.15, 0.2) is 24.3 Å². The molecule has 0 bridgehead atoms. The smallest absolute Gasteiger partial charge is 0.220 e. The molecule has 0 aromatic heterocycles. The van der Waals surface area contributed by atoms with Crippen molar-refractivity contribution in [2.24, 2.45) is 5.73 Å². The molecule has 106 valence electrons. The molecule has 0 saturated heterocycles. The molecule has 1 aromatic carbocycles. The van der Waals surface area contributed by atoms with Crippen molar-refractivity contribution in [3.05, 3.63) is 29.8 Å². The zero-order chi connectivity index (χ0) is 14.3. The third kappa shape index (κ3) is 4.56. The molecule has 0 atom stereocenters. The van der Waals surface area contributed by atoms with Crippen LogP contribution in [0.4, 0.5) is 0 Å². The second-order valence-electron chi connectivity index (χ2n) is 5.25. The highest BCUT2D eigenvalue weighted by atomic mass is 16.5. The highest BCUT2D eigenvalue weighted by molar-refractivity contribution is 5.76. The van der Waals surface area contributed by atoms with Crippen molar-refractivity contribution in [3.8, 4) is 5.75 Å². The van der Waals surface area contributed by atoms with E-state index < -0.39 is 0 Å². The summed E-state index contributed by atoms with van der Waals surface area (Å²) in [7, 11) is 1.66. The molecule has 0 unspecified atom stereocenters. The van der Waals surface area contributed by atoms with Gasteiger partial charge in [0.2, 0.25) is 5.91 Å². The number of hydrogen-bond acceptors (Lipinski definition) is 3. The highest BCUT2D eigenvalue weighted by Gasteiger charge is 2.24. The van der Waals surface area contributed by atoms with E-state index >= 15 is 0 Å². The van der Waals surface area contributed by atoms with Crippen molar-refractivity contribution in [1.29, 1.82) is 0 Å². The molecule has 0 saturated carbocycles. The molecule has 0 aliphatic rings. The minimum Gasteiger partial charge on any atom is -0.496 e. The highest BCUT2D eigenvalue weighted by Crippen LogP contribution is 2.30. The van der Waals surface area contributed by atoms with Gasteiger partial charge in [0, 0.05) is 23.9 Å². The zero-order valence-electron chi connectivity index (χ0n) is 12.0. The number of carbonyl (C=O) groups excluding carboxylic acids is 1. The Morgan fingerprint density at radius 2 is 2.05 bits per heavy atom. The first-order chi connectivity index (χ1) is 9.01. The summed E-state index contributed by atoms with van der Waals surface area (Å²) in [6, 6.07) is 7.90. The van der Waals surface area contributed by atoms with Crippen LogP contribution in [0, 0.1) is 0 Å². The fourth-order valence-corrected chi connectivity index (χ4v) is 1.97. The van der Waals surface area contributed by atoms with Crippen LogP contribution in [0.1, 0.15) is 32.3 Å². The normalized spacial score (nSPS) is 11.2. The fourth-order valence-electron chi connectivity index (χ4n) is 1.97. The first kappa shape index (κ1) is 15.5. The van der Waals surface area contributed by atoms with Gasteiger partial charge in [-0.1, -0.05) is 32.0 Å². The Bertz CT molecular complexity index is 416. The van der Waals surface area contributed by atoms with Crippen molar-refractivity contribution < 1.29 is 9.53 Å². The number of carbonyl (C=O) groups is 1. The summed E-state index contributed by atoms with van der Waals surface area (Å²) >= 11 is 0. The molecule has 0 radical (unpaired) electrons. The van der Waals surface area contributed by atoms with Gasteiger partial charge in [-0.2, -0.15) is 0 Å². The maximum absolute atomic E-state index is 11.6. The minimum atomic E-state index is -0.176. The molecule has 0 fully saturated rings. The van der Waals surface area contributed by atoms with Crippen LogP contribution in [0.25, 0.3) is 0 Å². The fraction of sp³-hybridized carbons (Fsp3) is 0.533. The van der Waals surface area contributed by atoms with Crippen LogP contribution in [0.5, 0.6) is 5.75 Å². The summed E-state index contributed by atoms with van der Waals surface area (Å²) in [5.74, 6) is 0.900. The van der Waals surface area contributed by atoms with Gasteiger partial charge >= 0.3 is 0 Å². The number of methoxy groups -OCH3 is 1. The van der Waals surface area contributed by atoms with E-state index in [9.17, 15) is 4.79 Å². The number of hydrogen-bond donors (Lipinski definition) is 2. The minimum absolute atomic E-state index is 0.0495. The number of benzene rings is 1. The van der Waals surface area contributed by atoms with E-state index in [1.807, 2.05) is 24.3 Å². The molecule has 1 aromatic rings. The van der Waals surface area contributed by atoms with Crippen LogP contribution in [-0.4, -0.2) is 26.1 Å². The van der Waals surface area contributed by atoms with Crippen molar-refractivity contribution in [2.45, 2.75) is 32.1 Å². The second-order valence-corrected chi connectivity index (χ2v) is 5.25. The van der Waals surface area contributed by atoms with Crippen molar-refractivity contribution in [1.82, 2.24) is 5.32 Å². The molecule has 1 amide bonds. The van der Waals surface area contributed by atoms with Gasteiger partial charge in [0.05, 0.1) is 7.11 Å². The lowest BCUT2D eigenvalue weighted by Crippen LogP contribution is -2.37. The lowest BCUT2D eigenvalue weighted by molar-refractivity contribution is -0.121. The maximum Gasteiger partial charge on any atom is 0.220 e. The molecular weight excluding hydrogens is 240 g/mol. The standard InChI is InChI=1S/C15H24N2O2/c1-15(2,11-17-14(18)9-6-10-16)12-7-4-5-8-13(12)19-3/h4-5,7-8H,6,9-11,16H2,1-3H3,(H,17,18). The predicted molar refractivity (Wildman–Crippen MR) is 77.3 cm³/mol. The Kier molecular flexibility index (Phi) is 5.83. The van der Waals surface area contributed by atoms with Gasteiger partial charge < -0.3 is 15.8 Å². The van der Waals surface area contributed by atoms with E-state index in [0.29, 0.717) is 19.5 Å². The average molecular weight is 264 g/mol. The first-order valence-corrected chi connectivity index (χ1v) is 6.61. The number of ether oxygens (including phenoxy) is 1. The monoisotopic (exact) mass is 264 g/mol. The Morgan fingerprint density at radius 1 is 1.37 bits per heavy atom. The van der Waals surface area contributed by atoms with Crippen molar-refractivity contribution in [2.75, 3.05) is 20.2 Å². The van der Waals surface area contributed by atoms with Crippen LogP contribution in [0.3, 0.4) is 0 Å². The number of para-hydroxylation sites is 1. The van der Waals surface area contributed by atoms with E-state index in [2.05, 4.69) is 19.2 Å². The zero-order valence-corrected chi connectivity index (χ0v) is 12.0. The summed E-state index contributed by atoms with van der Waals surface area (Å²) in [4.78, 5) is 11.6. The van der Waals surface area contributed by atoms with Gasteiger partial charge in [0.15, 0.2) is 0 Å². The van der Waals surface area contributed by atoms with Crippen LogP contribution < -0.4 is 15.8 Å². The van der Waals surface area contributed by atoms with Gasteiger partial charge in [-0.15, -0.1) is 0 Å². The Morgan fingerprint density at radius 3 is 2.68 bits per heavy atom. The molecule has 1 rings (SSSR count). The number of nitrogens with one attached hydrogen (secondary N) is 1. The molecular formula is C15H24N2O2. The third-order valence-corrected chi connectivity index (χ3v) is 3.17. The van der Waals surface area contributed by atoms with Crippen LogP contribution in [0.2, 0.25) is 0 Å². The van der Waals surface area contributed by atoms with E-state index in [-0.39, 0.29) is 11.3 Å². The predicted octanol–water partition coefficient (Wildman–Crippen LogP) is 1.83. The van der Waals surface area contributed by atoms with Gasteiger partial charge in [-0.25, -0.2) is 0 Å². The lowest BCUT2D eigenvalue weighted by Gasteiger charge is -2.27. The summed E-state index contributed by atoms with van der Waals surface area (Å²) < 4.78 is 5.37. The summed E-state index contributed by atoms with van der Waals surface area (Å²) in [6.45, 7) is 5.31. The van der Waals surface area contributed by atoms with Gasteiger partial charge in [-0.3, -0.25) is 4.79 Å². The number of amides is 1. The van der Waals surface area contributed by atoms with Crippen LogP contribution >= 0.6 is 0 Å². The van der Waals surface area contributed by atoms with Gasteiger partial charge in [0.25, 0.3) is 0 Å². The van der Waals surface area contributed by atoms with E-state index in [0.717, 1.165) is 17.7 Å². The van der Waals surface area contributed by atoms with Crippen molar-refractivity contribution >= 4 is 5.91 Å². The first-order valence-electron chi connectivity index (χ1n) is 6.61. The maximum atomic E-state index is 11.6. The molecule has 0 spiro atoms. The SMILES string of the molecule is COc1ccccc1C(C)(C)CNC(=O)CCCN. The molecule has 19 heavy (non-hydrogen) atoms. The van der Waals surface area contributed by atoms with Gasteiger partial charge in [0.1, 0.15) is 5.75 Å². The third-order valence-electron chi connectivity index (χ3n) is 3.17.